The molecule has 0 aromatic heterocycles. The average molecular weight is 364 g/mol. The fraction of sp³-hybridized carbons (Fsp3) is 0.235. The first-order valence-electron chi connectivity index (χ1n) is 6.72. The Bertz CT molecular complexity index is 640. The van der Waals surface area contributed by atoms with E-state index < -0.39 is 0 Å². The molecule has 1 unspecified atom stereocenters. The van der Waals surface area contributed by atoms with Crippen molar-refractivity contribution in [2.75, 3.05) is 6.26 Å². The second kappa shape index (κ2) is 7.14. The second-order valence-electron chi connectivity index (χ2n) is 4.93. The Balaban J connectivity index is 2.12. The summed E-state index contributed by atoms with van der Waals surface area (Å²) >= 11 is 5.12. The fourth-order valence-electron chi connectivity index (χ4n) is 2.09. The topological polar surface area (TPSA) is 29.1 Å². The molecule has 21 heavy (non-hydrogen) atoms. The van der Waals surface area contributed by atoms with Crippen molar-refractivity contribution >= 4 is 33.6 Å². The van der Waals surface area contributed by atoms with Gasteiger partial charge in [-0.3, -0.25) is 4.79 Å². The van der Waals surface area contributed by atoms with E-state index in [1.165, 1.54) is 4.90 Å². The lowest BCUT2D eigenvalue weighted by Crippen LogP contribution is -2.27. The summed E-state index contributed by atoms with van der Waals surface area (Å²) in [5, 5.41) is 3.05. The Morgan fingerprint density at radius 2 is 1.86 bits per heavy atom. The number of rotatable bonds is 4. The lowest BCUT2D eigenvalue weighted by Gasteiger charge is -2.16. The molecule has 1 atom stereocenters. The average Bonchev–Trinajstić information content (AvgIpc) is 2.49. The second-order valence-corrected chi connectivity index (χ2v) is 6.72. The summed E-state index contributed by atoms with van der Waals surface area (Å²) in [4.78, 5) is 13.6. The number of carbonyl (C=O) groups excluding carboxylic acids is 1. The van der Waals surface area contributed by atoms with Crippen LogP contribution in [0.25, 0.3) is 0 Å². The smallest absolute Gasteiger partial charge is 0.252 e. The zero-order chi connectivity index (χ0) is 15.4. The maximum Gasteiger partial charge on any atom is 0.252 e. The highest BCUT2D eigenvalue weighted by molar-refractivity contribution is 9.10. The Morgan fingerprint density at radius 1 is 1.19 bits per heavy atom. The van der Waals surface area contributed by atoms with E-state index in [2.05, 4.69) is 51.8 Å². The molecule has 0 bridgehead atoms. The van der Waals surface area contributed by atoms with Crippen molar-refractivity contribution in [3.63, 3.8) is 0 Å². The van der Waals surface area contributed by atoms with Crippen LogP contribution >= 0.6 is 27.7 Å². The molecule has 2 rings (SSSR count). The van der Waals surface area contributed by atoms with Crippen LogP contribution in [-0.2, 0) is 0 Å². The molecule has 0 radical (unpaired) electrons. The van der Waals surface area contributed by atoms with Crippen LogP contribution in [0.4, 0.5) is 0 Å². The van der Waals surface area contributed by atoms with Gasteiger partial charge in [0.2, 0.25) is 0 Å². The molecule has 1 amide bonds. The van der Waals surface area contributed by atoms with Crippen LogP contribution in [0.3, 0.4) is 0 Å². The van der Waals surface area contributed by atoms with Crippen molar-refractivity contribution in [1.82, 2.24) is 5.32 Å². The van der Waals surface area contributed by atoms with E-state index in [9.17, 15) is 4.79 Å². The molecule has 0 aliphatic heterocycles. The van der Waals surface area contributed by atoms with Gasteiger partial charge in [-0.05, 0) is 55.5 Å². The summed E-state index contributed by atoms with van der Waals surface area (Å²) in [6.45, 7) is 3.94. The lowest BCUT2D eigenvalue weighted by molar-refractivity contribution is 0.0939. The normalized spacial score (nSPS) is 12.0. The number of aryl methyl sites for hydroxylation is 1. The SMILES string of the molecule is CSc1ccc(C(C)NC(=O)c2cc(Br)ccc2C)cc1. The summed E-state index contributed by atoms with van der Waals surface area (Å²) in [5.74, 6) is -0.0461. The van der Waals surface area contributed by atoms with Gasteiger partial charge in [-0.1, -0.05) is 34.1 Å². The monoisotopic (exact) mass is 363 g/mol. The molecule has 110 valence electrons. The first kappa shape index (κ1) is 16.1. The summed E-state index contributed by atoms with van der Waals surface area (Å²) in [7, 11) is 0. The molecule has 0 fully saturated rings. The molecule has 0 saturated carbocycles. The quantitative estimate of drug-likeness (QED) is 0.776. The van der Waals surface area contributed by atoms with Crippen LogP contribution in [-0.4, -0.2) is 12.2 Å². The predicted octanol–water partition coefficient (Wildman–Crippen LogP) is 4.97. The van der Waals surface area contributed by atoms with Crippen LogP contribution < -0.4 is 5.32 Å². The largest absolute Gasteiger partial charge is 0.346 e. The molecule has 0 heterocycles. The number of carbonyl (C=O) groups is 1. The third-order valence-corrected chi connectivity index (χ3v) is 4.64. The van der Waals surface area contributed by atoms with E-state index in [1.54, 1.807) is 11.8 Å². The zero-order valence-electron chi connectivity index (χ0n) is 12.3. The summed E-state index contributed by atoms with van der Waals surface area (Å²) in [5.41, 5.74) is 2.78. The van der Waals surface area contributed by atoms with Crippen molar-refractivity contribution in [3.05, 3.63) is 63.6 Å². The van der Waals surface area contributed by atoms with Crippen molar-refractivity contribution < 1.29 is 4.79 Å². The number of hydrogen-bond acceptors (Lipinski definition) is 2. The number of nitrogens with one attached hydrogen (secondary N) is 1. The number of benzene rings is 2. The number of thioether (sulfide) groups is 1. The molecule has 0 aliphatic rings. The van der Waals surface area contributed by atoms with Gasteiger partial charge in [0, 0.05) is 14.9 Å². The lowest BCUT2D eigenvalue weighted by atomic mass is 10.1. The minimum Gasteiger partial charge on any atom is -0.346 e. The summed E-state index contributed by atoms with van der Waals surface area (Å²) in [6, 6.07) is 14.0. The van der Waals surface area contributed by atoms with Crippen LogP contribution in [0.1, 0.15) is 34.5 Å². The maximum absolute atomic E-state index is 12.4. The molecule has 2 aromatic carbocycles. The molecule has 2 aromatic rings. The molecule has 1 N–H and O–H groups in total. The van der Waals surface area contributed by atoms with Gasteiger partial charge in [-0.2, -0.15) is 0 Å². The van der Waals surface area contributed by atoms with Gasteiger partial charge in [0.15, 0.2) is 0 Å². The van der Waals surface area contributed by atoms with Crippen LogP contribution in [0.15, 0.2) is 51.8 Å². The summed E-state index contributed by atoms with van der Waals surface area (Å²) < 4.78 is 0.912. The first-order valence-corrected chi connectivity index (χ1v) is 8.74. The number of amides is 1. The van der Waals surface area contributed by atoms with E-state index in [0.29, 0.717) is 5.56 Å². The van der Waals surface area contributed by atoms with Gasteiger partial charge >= 0.3 is 0 Å². The minimum atomic E-state index is -0.0461. The van der Waals surface area contributed by atoms with Gasteiger partial charge in [0.1, 0.15) is 0 Å². The van der Waals surface area contributed by atoms with Crippen molar-refractivity contribution in [2.24, 2.45) is 0 Å². The third kappa shape index (κ3) is 4.11. The van der Waals surface area contributed by atoms with E-state index in [4.69, 9.17) is 0 Å². The van der Waals surface area contributed by atoms with Crippen LogP contribution in [0, 0.1) is 6.92 Å². The number of halogens is 1. The van der Waals surface area contributed by atoms with E-state index in [-0.39, 0.29) is 11.9 Å². The Kier molecular flexibility index (Phi) is 5.48. The number of hydrogen-bond donors (Lipinski definition) is 1. The van der Waals surface area contributed by atoms with E-state index in [0.717, 1.165) is 15.6 Å². The molecule has 4 heteroatoms. The molecular weight excluding hydrogens is 346 g/mol. The van der Waals surface area contributed by atoms with Gasteiger partial charge in [-0.15, -0.1) is 11.8 Å². The molecule has 0 spiro atoms. The van der Waals surface area contributed by atoms with Crippen molar-refractivity contribution in [3.8, 4) is 0 Å². The van der Waals surface area contributed by atoms with Gasteiger partial charge in [0.05, 0.1) is 6.04 Å². The van der Waals surface area contributed by atoms with Gasteiger partial charge < -0.3 is 5.32 Å². The van der Waals surface area contributed by atoms with Crippen molar-refractivity contribution in [2.45, 2.75) is 24.8 Å². The van der Waals surface area contributed by atoms with Crippen LogP contribution in [0.5, 0.6) is 0 Å². The van der Waals surface area contributed by atoms with Crippen LogP contribution in [0.2, 0.25) is 0 Å². The van der Waals surface area contributed by atoms with E-state index in [1.807, 2.05) is 32.0 Å². The van der Waals surface area contributed by atoms with E-state index >= 15 is 0 Å². The maximum atomic E-state index is 12.4. The molecule has 2 nitrogen and oxygen atoms in total. The Labute approximate surface area is 138 Å². The third-order valence-electron chi connectivity index (χ3n) is 3.41. The summed E-state index contributed by atoms with van der Waals surface area (Å²) in [6.07, 6.45) is 2.05. The highest BCUT2D eigenvalue weighted by atomic mass is 79.9. The first-order chi connectivity index (χ1) is 10.0. The Hall–Kier alpha value is -1.26. The molecule has 0 saturated heterocycles. The highest BCUT2D eigenvalue weighted by Gasteiger charge is 2.13. The fourth-order valence-corrected chi connectivity index (χ4v) is 2.86. The Morgan fingerprint density at radius 3 is 2.48 bits per heavy atom. The van der Waals surface area contributed by atoms with Crippen molar-refractivity contribution in [1.29, 1.82) is 0 Å². The predicted molar refractivity (Wildman–Crippen MR) is 93.0 cm³/mol. The zero-order valence-corrected chi connectivity index (χ0v) is 14.7. The minimum absolute atomic E-state index is 0.0215. The van der Waals surface area contributed by atoms with Gasteiger partial charge in [-0.25, -0.2) is 0 Å². The highest BCUT2D eigenvalue weighted by Crippen LogP contribution is 2.20. The molecule has 0 aliphatic carbocycles. The standard InChI is InChI=1S/C17H18BrNOS/c1-11-4-7-14(18)10-16(11)17(20)19-12(2)13-5-8-15(21-3)9-6-13/h4-10,12H,1-3H3,(H,19,20). The molecular formula is C17H18BrNOS. The van der Waals surface area contributed by atoms with Gasteiger partial charge in [0.25, 0.3) is 5.91 Å².